The Labute approximate surface area is 132 Å². The van der Waals surface area contributed by atoms with E-state index in [9.17, 15) is 9.90 Å². The largest absolute Gasteiger partial charge is 0.395 e. The standard InChI is InChI=1S/C18H26N2O2/c21-14-13-19(11-12-20-10-4-9-18(20)22)17-8-3-6-15-5-1-2-7-16(15)17/h1-2,5,7,17,21H,3-4,6,8-14H2. The molecule has 3 rings (SSSR count). The second kappa shape index (κ2) is 7.25. The number of fused-ring (bicyclic) bond motifs is 1. The van der Waals surface area contributed by atoms with Crippen molar-refractivity contribution in [1.82, 2.24) is 9.80 Å². The Balaban J connectivity index is 1.69. The van der Waals surface area contributed by atoms with Crippen LogP contribution in [0.1, 0.15) is 42.9 Å². The van der Waals surface area contributed by atoms with Crippen molar-refractivity contribution in [1.29, 1.82) is 0 Å². The molecule has 0 aromatic heterocycles. The first-order valence-corrected chi connectivity index (χ1v) is 8.50. The van der Waals surface area contributed by atoms with Gasteiger partial charge in [0.1, 0.15) is 0 Å². The van der Waals surface area contributed by atoms with Gasteiger partial charge in [-0.1, -0.05) is 24.3 Å². The van der Waals surface area contributed by atoms with Crippen molar-refractivity contribution in [3.05, 3.63) is 35.4 Å². The predicted octanol–water partition coefficient (Wildman–Crippen LogP) is 1.98. The van der Waals surface area contributed by atoms with E-state index in [1.165, 1.54) is 17.5 Å². The van der Waals surface area contributed by atoms with Crippen LogP contribution in [0.4, 0.5) is 0 Å². The number of rotatable bonds is 6. The maximum atomic E-state index is 11.8. The van der Waals surface area contributed by atoms with Crippen LogP contribution in [-0.2, 0) is 11.2 Å². The van der Waals surface area contributed by atoms with E-state index in [1.54, 1.807) is 0 Å². The highest BCUT2D eigenvalue weighted by atomic mass is 16.3. The Morgan fingerprint density at radius 2 is 2.05 bits per heavy atom. The first-order chi connectivity index (χ1) is 10.8. The van der Waals surface area contributed by atoms with Crippen molar-refractivity contribution in [2.24, 2.45) is 0 Å². The van der Waals surface area contributed by atoms with E-state index in [0.29, 0.717) is 19.0 Å². The summed E-state index contributed by atoms with van der Waals surface area (Å²) in [4.78, 5) is 16.1. The fourth-order valence-electron chi connectivity index (χ4n) is 3.85. The molecular formula is C18H26N2O2. The highest BCUT2D eigenvalue weighted by Gasteiger charge is 2.27. The van der Waals surface area contributed by atoms with Crippen molar-refractivity contribution < 1.29 is 9.90 Å². The van der Waals surface area contributed by atoms with Crippen LogP contribution in [-0.4, -0.2) is 53.6 Å². The molecule has 1 aromatic rings. The third-order valence-electron chi connectivity index (χ3n) is 4.99. The highest BCUT2D eigenvalue weighted by molar-refractivity contribution is 5.78. The minimum Gasteiger partial charge on any atom is -0.395 e. The van der Waals surface area contributed by atoms with Crippen molar-refractivity contribution in [3.8, 4) is 0 Å². The van der Waals surface area contributed by atoms with Crippen LogP contribution in [0.5, 0.6) is 0 Å². The molecule has 1 aliphatic heterocycles. The molecule has 1 heterocycles. The molecule has 120 valence electrons. The maximum Gasteiger partial charge on any atom is 0.222 e. The van der Waals surface area contributed by atoms with Gasteiger partial charge in [-0.2, -0.15) is 0 Å². The lowest BCUT2D eigenvalue weighted by atomic mass is 9.87. The number of aliphatic hydroxyl groups excluding tert-OH is 1. The van der Waals surface area contributed by atoms with E-state index in [1.807, 2.05) is 4.90 Å². The molecule has 1 atom stereocenters. The van der Waals surface area contributed by atoms with Gasteiger partial charge in [-0.05, 0) is 36.8 Å². The summed E-state index contributed by atoms with van der Waals surface area (Å²) in [6.45, 7) is 3.39. The number of hydrogen-bond donors (Lipinski definition) is 1. The molecule has 22 heavy (non-hydrogen) atoms. The Bertz CT molecular complexity index is 518. The summed E-state index contributed by atoms with van der Waals surface area (Å²) in [5, 5.41) is 9.44. The van der Waals surface area contributed by atoms with E-state index < -0.39 is 0 Å². The number of hydrogen-bond acceptors (Lipinski definition) is 3. The monoisotopic (exact) mass is 302 g/mol. The fraction of sp³-hybridized carbons (Fsp3) is 0.611. The van der Waals surface area contributed by atoms with Crippen molar-refractivity contribution in [2.75, 3.05) is 32.8 Å². The van der Waals surface area contributed by atoms with Gasteiger partial charge in [0.2, 0.25) is 5.91 Å². The number of benzene rings is 1. The average molecular weight is 302 g/mol. The number of carbonyl (C=O) groups excluding carboxylic acids is 1. The van der Waals surface area contributed by atoms with Crippen LogP contribution in [0.2, 0.25) is 0 Å². The van der Waals surface area contributed by atoms with E-state index in [0.717, 1.165) is 38.9 Å². The van der Waals surface area contributed by atoms with Crippen LogP contribution in [0.15, 0.2) is 24.3 Å². The minimum atomic E-state index is 0.173. The van der Waals surface area contributed by atoms with E-state index in [-0.39, 0.29) is 12.5 Å². The van der Waals surface area contributed by atoms with E-state index >= 15 is 0 Å². The summed E-state index contributed by atoms with van der Waals surface area (Å²) in [7, 11) is 0. The number of carbonyl (C=O) groups is 1. The summed E-state index contributed by atoms with van der Waals surface area (Å²) in [6, 6.07) is 9.06. The smallest absolute Gasteiger partial charge is 0.222 e. The summed E-state index contributed by atoms with van der Waals surface area (Å²) in [5.41, 5.74) is 2.86. The molecular weight excluding hydrogens is 276 g/mol. The number of nitrogens with zero attached hydrogens (tertiary/aromatic N) is 2. The number of aryl methyl sites for hydroxylation is 1. The van der Waals surface area contributed by atoms with E-state index in [4.69, 9.17) is 0 Å². The zero-order valence-electron chi connectivity index (χ0n) is 13.2. The average Bonchev–Trinajstić information content (AvgIpc) is 2.96. The quantitative estimate of drug-likeness (QED) is 0.874. The third kappa shape index (κ3) is 3.33. The normalized spacial score (nSPS) is 21.5. The summed E-state index contributed by atoms with van der Waals surface area (Å²) in [6.07, 6.45) is 5.19. The SMILES string of the molecule is O=C1CCCN1CCN(CCO)C1CCCc2ccccc21. The van der Waals surface area contributed by atoms with Gasteiger partial charge < -0.3 is 10.0 Å². The number of likely N-dealkylation sites (tertiary alicyclic amines) is 1. The van der Waals surface area contributed by atoms with Crippen LogP contribution in [0.3, 0.4) is 0 Å². The second-order valence-corrected chi connectivity index (χ2v) is 6.35. The maximum absolute atomic E-state index is 11.8. The number of aliphatic hydroxyl groups is 1. The molecule has 4 heteroatoms. The van der Waals surface area contributed by atoms with Gasteiger partial charge in [0.25, 0.3) is 0 Å². The zero-order valence-corrected chi connectivity index (χ0v) is 13.2. The summed E-state index contributed by atoms with van der Waals surface area (Å²) in [5.74, 6) is 0.285. The first kappa shape index (κ1) is 15.5. The van der Waals surface area contributed by atoms with E-state index in [2.05, 4.69) is 29.2 Å². The molecule has 0 saturated carbocycles. The lowest BCUT2D eigenvalue weighted by Gasteiger charge is -2.36. The molecule has 1 amide bonds. The Hall–Kier alpha value is -1.39. The molecule has 0 spiro atoms. The molecule has 1 saturated heterocycles. The topological polar surface area (TPSA) is 43.8 Å². The first-order valence-electron chi connectivity index (χ1n) is 8.50. The molecule has 1 fully saturated rings. The van der Waals surface area contributed by atoms with Gasteiger partial charge in [-0.3, -0.25) is 9.69 Å². The molecule has 4 nitrogen and oxygen atoms in total. The molecule has 1 N–H and O–H groups in total. The van der Waals surface area contributed by atoms with Gasteiger partial charge in [-0.15, -0.1) is 0 Å². The van der Waals surface area contributed by atoms with Crippen LogP contribution >= 0.6 is 0 Å². The van der Waals surface area contributed by atoms with Crippen molar-refractivity contribution >= 4 is 5.91 Å². The van der Waals surface area contributed by atoms with Gasteiger partial charge in [-0.25, -0.2) is 0 Å². The van der Waals surface area contributed by atoms with Crippen LogP contribution < -0.4 is 0 Å². The lowest BCUT2D eigenvalue weighted by Crippen LogP contribution is -2.40. The molecule has 1 aliphatic carbocycles. The Morgan fingerprint density at radius 1 is 1.18 bits per heavy atom. The molecule has 1 aromatic carbocycles. The third-order valence-corrected chi connectivity index (χ3v) is 4.99. The minimum absolute atomic E-state index is 0.173. The van der Waals surface area contributed by atoms with Crippen molar-refractivity contribution in [3.63, 3.8) is 0 Å². The molecule has 2 aliphatic rings. The lowest BCUT2D eigenvalue weighted by molar-refractivity contribution is -0.127. The molecule has 1 unspecified atom stereocenters. The predicted molar refractivity (Wildman–Crippen MR) is 86.6 cm³/mol. The van der Waals surface area contributed by atoms with Crippen molar-refractivity contribution in [2.45, 2.75) is 38.1 Å². The Kier molecular flexibility index (Phi) is 5.11. The van der Waals surface area contributed by atoms with Gasteiger partial charge in [0.05, 0.1) is 6.61 Å². The highest BCUT2D eigenvalue weighted by Crippen LogP contribution is 2.34. The Morgan fingerprint density at radius 3 is 2.82 bits per heavy atom. The summed E-state index contributed by atoms with van der Waals surface area (Å²) < 4.78 is 0. The van der Waals surface area contributed by atoms with Gasteiger partial charge >= 0.3 is 0 Å². The number of amides is 1. The molecule has 0 bridgehead atoms. The van der Waals surface area contributed by atoms with Gasteiger partial charge in [0, 0.05) is 38.6 Å². The zero-order chi connectivity index (χ0) is 15.4. The summed E-state index contributed by atoms with van der Waals surface area (Å²) >= 11 is 0. The van der Waals surface area contributed by atoms with Crippen LogP contribution in [0.25, 0.3) is 0 Å². The fourth-order valence-corrected chi connectivity index (χ4v) is 3.85. The van der Waals surface area contributed by atoms with Gasteiger partial charge in [0.15, 0.2) is 0 Å². The second-order valence-electron chi connectivity index (χ2n) is 6.35. The molecule has 0 radical (unpaired) electrons. The van der Waals surface area contributed by atoms with Crippen LogP contribution in [0, 0.1) is 0 Å².